The van der Waals surface area contributed by atoms with Crippen LogP contribution in [0, 0.1) is 23.2 Å². The fraction of sp³-hybridized carbons (Fsp3) is 0.481. The number of fused-ring (bicyclic) bond motifs is 1. The van der Waals surface area contributed by atoms with Crippen LogP contribution in [0.5, 0.6) is 0 Å². The molecule has 0 saturated carbocycles. The quantitative estimate of drug-likeness (QED) is 0.0350. The van der Waals surface area contributed by atoms with Crippen LogP contribution in [0.2, 0.25) is 0 Å². The SMILES string of the molecule is CC(=O)N[C@@H](CCCN=C(N)N)C(=O)N[C@H]1CCCCNC(=O)C[C@@H](C(N)=O)NC(=O)[C@H](Cc2c[nH]c3ccccc23)CC(=O)[C@H](CCCN=C(N)N)CC(=O)[C@@H](Cc2ccc(C#N)cc2)NC(=O)[C@H](CCC(N)=O)NC1=O. The number of carbonyl (C=O) groups excluding carboxylic acids is 10. The summed E-state index contributed by atoms with van der Waals surface area (Å²) in [4.78, 5) is 148. The van der Waals surface area contributed by atoms with Gasteiger partial charge in [0.1, 0.15) is 30.0 Å². The van der Waals surface area contributed by atoms with Crippen molar-refractivity contribution >= 4 is 81.6 Å². The van der Waals surface area contributed by atoms with E-state index in [0.717, 1.165) is 10.9 Å². The Labute approximate surface area is 450 Å². The summed E-state index contributed by atoms with van der Waals surface area (Å²) in [6.07, 6.45) is -0.107. The molecule has 1 saturated heterocycles. The second-order valence-corrected chi connectivity index (χ2v) is 19.2. The maximum atomic E-state index is 14.8. The van der Waals surface area contributed by atoms with E-state index in [9.17, 15) is 53.2 Å². The molecular weight excluding hydrogens is 1010 g/mol. The third-order valence-corrected chi connectivity index (χ3v) is 13.0. The highest BCUT2D eigenvalue weighted by atomic mass is 16.2. The average molecular weight is 1080 g/mol. The minimum Gasteiger partial charge on any atom is -0.370 e. The number of H-pyrrole nitrogens is 1. The molecule has 78 heavy (non-hydrogen) atoms. The lowest BCUT2D eigenvalue weighted by atomic mass is 9.83. The Kier molecular flexibility index (Phi) is 24.7. The molecule has 1 aliphatic heterocycles. The molecule has 0 spiro atoms. The van der Waals surface area contributed by atoms with Crippen molar-refractivity contribution in [2.24, 2.45) is 56.2 Å². The third-order valence-electron chi connectivity index (χ3n) is 13.0. The minimum atomic E-state index is -1.55. The molecule has 0 radical (unpaired) electrons. The summed E-state index contributed by atoms with van der Waals surface area (Å²) < 4.78 is 0. The zero-order valence-corrected chi connectivity index (χ0v) is 43.6. The van der Waals surface area contributed by atoms with Crippen molar-refractivity contribution < 1.29 is 47.9 Å². The molecule has 2 heterocycles. The van der Waals surface area contributed by atoms with Gasteiger partial charge in [-0.1, -0.05) is 30.3 Å². The maximum Gasteiger partial charge on any atom is 0.243 e. The number of aromatic nitrogens is 1. The number of nitrogens with two attached hydrogens (primary N) is 6. The number of para-hydroxylation sites is 1. The molecule has 4 rings (SSSR count). The molecule has 0 unspecified atom stereocenters. The van der Waals surface area contributed by atoms with Crippen molar-refractivity contribution in [2.45, 2.75) is 127 Å². The summed E-state index contributed by atoms with van der Waals surface area (Å²) in [5.41, 5.74) is 35.5. The molecule has 26 nitrogen and oxygen atoms in total. The van der Waals surface area contributed by atoms with Crippen LogP contribution in [0.3, 0.4) is 0 Å². The molecule has 19 N–H and O–H groups in total. The molecule has 3 aromatic rings. The predicted molar refractivity (Wildman–Crippen MR) is 287 cm³/mol. The lowest BCUT2D eigenvalue weighted by Crippen LogP contribution is -2.58. The standard InChI is InChI=1S/C52H72N16O10/c1-29(69)64-37(12-7-21-62-52(58)59)48(76)65-38-11-4-5-19-60-45(73)26-41(46(55)74)68-47(75)33(23-34-28-63-36-10-3-2-9-35(34)36)25-42(70)32(8-6-20-61-51(56)57)24-43(71)40(22-30-13-15-31(27-53)16-14-30)67-50(78)39(66-49(38)77)17-18-44(54)72/h2-3,9-10,13-16,28,32-33,37-41,63H,4-8,11-12,17-26H2,1H3,(H2,54,72)(H2,55,74)(H,60,73)(H,64,69)(H,65,76)(H,66,77)(H,67,78)(H,68,75)(H4,56,57,61)(H4,58,59,62)/t32-,33-,37+,38+,39+,40-,41+/m1/s1. The number of Topliss-reactive ketones (excluding diaryl/α,β-unsaturated/α-hetero) is 2. The van der Waals surface area contributed by atoms with Gasteiger partial charge in [0, 0.05) is 74.8 Å². The van der Waals surface area contributed by atoms with Gasteiger partial charge in [-0.05, 0) is 93.5 Å². The van der Waals surface area contributed by atoms with Crippen LogP contribution in [0.1, 0.15) is 101 Å². The average Bonchev–Trinajstić information content (AvgIpc) is 3.80. The second-order valence-electron chi connectivity index (χ2n) is 19.2. The van der Waals surface area contributed by atoms with Crippen molar-refractivity contribution in [1.82, 2.24) is 36.9 Å². The number of aliphatic imine (C=N–C) groups is 2. The normalized spacial score (nSPS) is 20.8. The number of hydrogen-bond donors (Lipinski definition) is 13. The summed E-state index contributed by atoms with van der Waals surface area (Å²) in [6.45, 7) is 1.35. The Morgan fingerprint density at radius 3 is 2.06 bits per heavy atom. The first-order chi connectivity index (χ1) is 37.1. The van der Waals surface area contributed by atoms with Gasteiger partial charge >= 0.3 is 0 Å². The molecule has 26 heteroatoms. The highest BCUT2D eigenvalue weighted by Crippen LogP contribution is 2.26. The Morgan fingerprint density at radius 1 is 0.744 bits per heavy atom. The van der Waals surface area contributed by atoms with E-state index >= 15 is 0 Å². The molecule has 0 aliphatic carbocycles. The number of nitrogens with zero attached hydrogens (tertiary/aromatic N) is 3. The number of nitrogens with one attached hydrogen (secondary N) is 7. The number of benzene rings is 2. The molecule has 0 bridgehead atoms. The van der Waals surface area contributed by atoms with Crippen LogP contribution in [0.15, 0.2) is 64.7 Å². The topological polar surface area (TPSA) is 463 Å². The van der Waals surface area contributed by atoms with Crippen LogP contribution in [0.4, 0.5) is 0 Å². The smallest absolute Gasteiger partial charge is 0.243 e. The lowest BCUT2D eigenvalue weighted by Gasteiger charge is -2.27. The van der Waals surface area contributed by atoms with E-state index in [2.05, 4.69) is 46.9 Å². The number of carbonyl (C=O) groups is 10. The third kappa shape index (κ3) is 21.0. The number of aromatic amines is 1. The van der Waals surface area contributed by atoms with Gasteiger partial charge in [-0.3, -0.25) is 57.9 Å². The molecule has 1 fully saturated rings. The second kappa shape index (κ2) is 31.2. The zero-order valence-electron chi connectivity index (χ0n) is 43.6. The zero-order chi connectivity index (χ0) is 57.3. The lowest BCUT2D eigenvalue weighted by molar-refractivity contribution is -0.136. The molecular formula is C52H72N16O10. The Bertz CT molecular complexity index is 2730. The minimum absolute atomic E-state index is 0.0135. The van der Waals surface area contributed by atoms with Crippen LogP contribution < -0.4 is 66.3 Å². The van der Waals surface area contributed by atoms with Crippen LogP contribution in [-0.4, -0.2) is 126 Å². The fourth-order valence-electron chi connectivity index (χ4n) is 8.87. The van der Waals surface area contributed by atoms with E-state index < -0.39 is 127 Å². The van der Waals surface area contributed by atoms with Crippen molar-refractivity contribution in [3.63, 3.8) is 0 Å². The van der Waals surface area contributed by atoms with Gasteiger partial charge in [0.2, 0.25) is 47.3 Å². The summed E-state index contributed by atoms with van der Waals surface area (Å²) >= 11 is 0. The Balaban J connectivity index is 1.81. The molecule has 8 amide bonds. The highest BCUT2D eigenvalue weighted by molar-refractivity contribution is 5.98. The summed E-state index contributed by atoms with van der Waals surface area (Å²) in [7, 11) is 0. The van der Waals surface area contributed by atoms with Gasteiger partial charge in [-0.25, -0.2) is 0 Å². The fourth-order valence-corrected chi connectivity index (χ4v) is 8.87. The number of primary amides is 2. The number of rotatable bonds is 19. The summed E-state index contributed by atoms with van der Waals surface area (Å²) in [6, 6.07) is 8.40. The molecule has 2 aromatic carbocycles. The van der Waals surface area contributed by atoms with Crippen molar-refractivity contribution in [3.8, 4) is 6.07 Å². The van der Waals surface area contributed by atoms with Gasteiger partial charge in [-0.15, -0.1) is 0 Å². The Hall–Kier alpha value is -8.89. The van der Waals surface area contributed by atoms with Crippen molar-refractivity contribution in [1.29, 1.82) is 5.26 Å². The van der Waals surface area contributed by atoms with Gasteiger partial charge in [0.25, 0.3) is 0 Å². The van der Waals surface area contributed by atoms with Crippen LogP contribution in [0.25, 0.3) is 10.9 Å². The van der Waals surface area contributed by atoms with E-state index in [0.29, 0.717) is 16.7 Å². The van der Waals surface area contributed by atoms with Crippen molar-refractivity contribution in [2.75, 3.05) is 19.6 Å². The van der Waals surface area contributed by atoms with Gasteiger partial charge in [0.15, 0.2) is 17.7 Å². The number of guanidine groups is 2. The van der Waals surface area contributed by atoms with Gasteiger partial charge < -0.3 is 71.3 Å². The summed E-state index contributed by atoms with van der Waals surface area (Å²) in [5.74, 6) is -10.4. The van der Waals surface area contributed by atoms with Gasteiger partial charge in [-0.2, -0.15) is 5.26 Å². The predicted octanol–water partition coefficient (Wildman–Crippen LogP) is -2.03. The molecule has 1 aromatic heterocycles. The van der Waals surface area contributed by atoms with E-state index in [4.69, 9.17) is 34.4 Å². The molecule has 1 aliphatic rings. The summed E-state index contributed by atoms with van der Waals surface area (Å²) in [5, 5.41) is 26.0. The highest BCUT2D eigenvalue weighted by Gasteiger charge is 2.35. The first kappa shape index (κ1) is 61.7. The van der Waals surface area contributed by atoms with Crippen molar-refractivity contribution in [3.05, 3.63) is 71.4 Å². The van der Waals surface area contributed by atoms with E-state index in [1.54, 1.807) is 24.4 Å². The van der Waals surface area contributed by atoms with Crippen LogP contribution >= 0.6 is 0 Å². The first-order valence-electron chi connectivity index (χ1n) is 25.7. The number of hydrogen-bond acceptors (Lipinski definition) is 13. The van der Waals surface area contributed by atoms with Gasteiger partial charge in [0.05, 0.1) is 24.1 Å². The Morgan fingerprint density at radius 2 is 1.41 bits per heavy atom. The maximum absolute atomic E-state index is 14.8. The van der Waals surface area contributed by atoms with E-state index in [-0.39, 0.29) is 95.8 Å². The molecule has 420 valence electrons. The van der Waals surface area contributed by atoms with Crippen LogP contribution in [-0.2, 0) is 60.8 Å². The first-order valence-corrected chi connectivity index (χ1v) is 25.7. The molecule has 7 atom stereocenters. The van der Waals surface area contributed by atoms with E-state index in [1.165, 1.54) is 19.1 Å². The monoisotopic (exact) mass is 1080 g/mol. The number of ketones is 2. The van der Waals surface area contributed by atoms with E-state index in [1.807, 2.05) is 24.3 Å². The number of amides is 8. The largest absolute Gasteiger partial charge is 0.370 e. The number of nitriles is 1.